The molecule has 2 aromatic rings. The molecule has 1 aromatic carbocycles. The second kappa shape index (κ2) is 7.38. The highest BCUT2D eigenvalue weighted by molar-refractivity contribution is 9.10. The van der Waals surface area contributed by atoms with E-state index in [-0.39, 0.29) is 0 Å². The number of hydrogen-bond acceptors (Lipinski definition) is 5. The van der Waals surface area contributed by atoms with E-state index < -0.39 is 0 Å². The Kier molecular flexibility index (Phi) is 5.81. The lowest BCUT2D eigenvalue weighted by Crippen LogP contribution is -2.19. The van der Waals surface area contributed by atoms with Gasteiger partial charge in [-0.05, 0) is 41.7 Å². The lowest BCUT2D eigenvalue weighted by Gasteiger charge is -2.11. The molecule has 0 fully saturated rings. The van der Waals surface area contributed by atoms with Crippen molar-refractivity contribution in [3.63, 3.8) is 0 Å². The molecular weight excluding hydrogens is 342 g/mol. The Labute approximate surface area is 130 Å². The summed E-state index contributed by atoms with van der Waals surface area (Å²) < 4.78 is 6.10. The summed E-state index contributed by atoms with van der Waals surface area (Å²) in [7, 11) is 0. The van der Waals surface area contributed by atoms with Gasteiger partial charge < -0.3 is 5.32 Å². The summed E-state index contributed by atoms with van der Waals surface area (Å²) in [4.78, 5) is 5.45. The number of nitrogens with one attached hydrogen (secondary N) is 1. The second-order valence-corrected chi connectivity index (χ2v) is 7.57. The number of hydrogen-bond donors (Lipinski definition) is 1. The fourth-order valence-electron chi connectivity index (χ4n) is 1.57. The zero-order valence-corrected chi connectivity index (χ0v) is 14.1. The smallest absolute Gasteiger partial charge is 0.174 e. The van der Waals surface area contributed by atoms with Crippen molar-refractivity contribution >= 4 is 39.2 Å². The van der Waals surface area contributed by atoms with Crippen molar-refractivity contribution in [2.45, 2.75) is 29.6 Å². The van der Waals surface area contributed by atoms with Crippen LogP contribution in [-0.4, -0.2) is 15.9 Å². The lowest BCUT2D eigenvalue weighted by molar-refractivity contribution is 0.550. The van der Waals surface area contributed by atoms with Gasteiger partial charge in [0.1, 0.15) is 6.33 Å². The Morgan fingerprint density at radius 3 is 2.95 bits per heavy atom. The van der Waals surface area contributed by atoms with Crippen molar-refractivity contribution in [3.8, 4) is 0 Å². The van der Waals surface area contributed by atoms with Crippen LogP contribution in [0.2, 0.25) is 0 Å². The Morgan fingerprint density at radius 1 is 1.42 bits per heavy atom. The van der Waals surface area contributed by atoms with Gasteiger partial charge in [-0.3, -0.25) is 0 Å². The standard InChI is InChI=1S/C13H16BrN3S2/c1-9(2)6-15-7-10-3-4-11(14)5-12(10)18-13-16-8-17-19-13/h3-5,8-9,15H,6-7H2,1-2H3. The minimum absolute atomic E-state index is 0.662. The maximum Gasteiger partial charge on any atom is 0.174 e. The van der Waals surface area contributed by atoms with Gasteiger partial charge in [0.2, 0.25) is 0 Å². The predicted molar refractivity (Wildman–Crippen MR) is 84.7 cm³/mol. The molecule has 0 unspecified atom stereocenters. The van der Waals surface area contributed by atoms with Crippen molar-refractivity contribution in [3.05, 3.63) is 34.6 Å². The minimum atomic E-state index is 0.662. The summed E-state index contributed by atoms with van der Waals surface area (Å²) >= 11 is 6.62. The normalized spacial score (nSPS) is 11.2. The van der Waals surface area contributed by atoms with Gasteiger partial charge in [0.05, 0.1) is 0 Å². The van der Waals surface area contributed by atoms with E-state index in [4.69, 9.17) is 0 Å². The zero-order valence-electron chi connectivity index (χ0n) is 10.9. The summed E-state index contributed by atoms with van der Waals surface area (Å²) in [5.41, 5.74) is 1.30. The Bertz CT molecular complexity index is 515. The summed E-state index contributed by atoms with van der Waals surface area (Å²) in [6.45, 7) is 6.34. The third-order valence-electron chi connectivity index (χ3n) is 2.44. The number of aromatic nitrogens is 2. The molecule has 3 nitrogen and oxygen atoms in total. The monoisotopic (exact) mass is 357 g/mol. The van der Waals surface area contributed by atoms with Crippen LogP contribution in [0.25, 0.3) is 0 Å². The predicted octanol–water partition coefficient (Wildman–Crippen LogP) is 4.20. The van der Waals surface area contributed by atoms with Crippen LogP contribution in [0, 0.1) is 5.92 Å². The molecule has 0 aliphatic rings. The molecular formula is C13H16BrN3S2. The van der Waals surface area contributed by atoms with Gasteiger partial charge in [-0.1, -0.05) is 47.6 Å². The molecule has 1 heterocycles. The van der Waals surface area contributed by atoms with Crippen molar-refractivity contribution in [1.29, 1.82) is 0 Å². The fourth-order valence-corrected chi connectivity index (χ4v) is 3.65. The molecule has 0 saturated carbocycles. The van der Waals surface area contributed by atoms with Crippen molar-refractivity contribution in [1.82, 2.24) is 14.7 Å². The van der Waals surface area contributed by atoms with Gasteiger partial charge >= 0.3 is 0 Å². The Balaban J connectivity index is 2.09. The van der Waals surface area contributed by atoms with Crippen LogP contribution in [-0.2, 0) is 6.54 Å². The molecule has 0 amide bonds. The van der Waals surface area contributed by atoms with Gasteiger partial charge in [0, 0.05) is 15.9 Å². The second-order valence-electron chi connectivity index (χ2n) is 4.59. The van der Waals surface area contributed by atoms with Gasteiger partial charge in [-0.2, -0.15) is 4.37 Å². The first-order chi connectivity index (χ1) is 9.15. The molecule has 6 heteroatoms. The average molecular weight is 358 g/mol. The van der Waals surface area contributed by atoms with Crippen LogP contribution in [0.3, 0.4) is 0 Å². The van der Waals surface area contributed by atoms with E-state index in [0.717, 1.165) is 21.9 Å². The summed E-state index contributed by atoms with van der Waals surface area (Å²) in [5, 5.41) is 3.48. The van der Waals surface area contributed by atoms with Crippen molar-refractivity contribution in [2.75, 3.05) is 6.54 Å². The molecule has 1 aromatic heterocycles. The van der Waals surface area contributed by atoms with Crippen LogP contribution in [0.15, 0.2) is 38.2 Å². The first kappa shape index (κ1) is 15.0. The van der Waals surface area contributed by atoms with E-state index in [1.54, 1.807) is 18.1 Å². The van der Waals surface area contributed by atoms with Crippen LogP contribution in [0.4, 0.5) is 0 Å². The van der Waals surface area contributed by atoms with Crippen LogP contribution in [0.5, 0.6) is 0 Å². The van der Waals surface area contributed by atoms with Gasteiger partial charge in [0.15, 0.2) is 4.34 Å². The van der Waals surface area contributed by atoms with Crippen LogP contribution >= 0.6 is 39.2 Å². The van der Waals surface area contributed by atoms with Crippen LogP contribution < -0.4 is 5.32 Å². The highest BCUT2D eigenvalue weighted by Gasteiger charge is 2.08. The maximum absolute atomic E-state index is 4.23. The van der Waals surface area contributed by atoms with E-state index in [9.17, 15) is 0 Å². The summed E-state index contributed by atoms with van der Waals surface area (Å²) in [6.07, 6.45) is 1.60. The third kappa shape index (κ3) is 4.87. The SMILES string of the molecule is CC(C)CNCc1ccc(Br)cc1Sc1ncns1. The molecule has 0 atom stereocenters. The first-order valence-corrected chi connectivity index (χ1v) is 8.47. The number of halogens is 1. The van der Waals surface area contributed by atoms with E-state index in [2.05, 4.69) is 62.7 Å². The maximum atomic E-state index is 4.23. The summed E-state index contributed by atoms with van der Waals surface area (Å²) in [6, 6.07) is 6.37. The van der Waals surface area contributed by atoms with E-state index >= 15 is 0 Å². The quantitative estimate of drug-likeness (QED) is 0.840. The lowest BCUT2D eigenvalue weighted by atomic mass is 10.2. The average Bonchev–Trinajstić information content (AvgIpc) is 2.84. The number of nitrogens with zero attached hydrogens (tertiary/aromatic N) is 2. The largest absolute Gasteiger partial charge is 0.312 e. The molecule has 0 bridgehead atoms. The number of rotatable bonds is 6. The van der Waals surface area contributed by atoms with Gasteiger partial charge in [-0.25, -0.2) is 4.98 Å². The van der Waals surface area contributed by atoms with E-state index in [1.807, 2.05) is 0 Å². The summed E-state index contributed by atoms with van der Waals surface area (Å²) in [5.74, 6) is 0.662. The van der Waals surface area contributed by atoms with E-state index in [0.29, 0.717) is 5.92 Å². The highest BCUT2D eigenvalue weighted by atomic mass is 79.9. The molecule has 0 spiro atoms. The molecule has 0 saturated heterocycles. The van der Waals surface area contributed by atoms with Crippen LogP contribution in [0.1, 0.15) is 19.4 Å². The number of benzene rings is 1. The topological polar surface area (TPSA) is 37.8 Å². The third-order valence-corrected chi connectivity index (χ3v) is 4.74. The molecule has 0 aliphatic heterocycles. The minimum Gasteiger partial charge on any atom is -0.312 e. The fraction of sp³-hybridized carbons (Fsp3) is 0.385. The molecule has 0 radical (unpaired) electrons. The molecule has 102 valence electrons. The van der Waals surface area contributed by atoms with Crippen molar-refractivity contribution < 1.29 is 0 Å². The molecule has 19 heavy (non-hydrogen) atoms. The van der Waals surface area contributed by atoms with Gasteiger partial charge in [0.25, 0.3) is 0 Å². The molecule has 1 N–H and O–H groups in total. The first-order valence-electron chi connectivity index (χ1n) is 6.09. The Hall–Kier alpha value is -0.430. The molecule has 0 aliphatic carbocycles. The molecule has 2 rings (SSSR count). The van der Waals surface area contributed by atoms with E-state index in [1.165, 1.54) is 22.0 Å². The Morgan fingerprint density at radius 2 is 2.26 bits per heavy atom. The zero-order chi connectivity index (χ0) is 13.7. The highest BCUT2D eigenvalue weighted by Crippen LogP contribution is 2.32. The van der Waals surface area contributed by atoms with Gasteiger partial charge in [-0.15, -0.1) is 0 Å². The van der Waals surface area contributed by atoms with Crippen molar-refractivity contribution in [2.24, 2.45) is 5.92 Å².